The molecule has 1 aliphatic carbocycles. The van der Waals surface area contributed by atoms with E-state index in [0.717, 1.165) is 6.42 Å². The standard InChI is InChI=1S/C16H30O4/c1-11(2)13-7-6-12(3)10-14(13)20-9-8-16(4,18)15(17)19-5/h11-14,18H,6-10H2,1-5H3/t12-,13+,14-,16?/m0/s1. The Balaban J connectivity index is 2.47. The Morgan fingerprint density at radius 2 is 2.05 bits per heavy atom. The van der Waals surface area contributed by atoms with Gasteiger partial charge in [-0.3, -0.25) is 0 Å². The number of carbonyl (C=O) groups is 1. The van der Waals surface area contributed by atoms with Crippen molar-refractivity contribution in [2.75, 3.05) is 13.7 Å². The van der Waals surface area contributed by atoms with Crippen LogP contribution in [0, 0.1) is 17.8 Å². The van der Waals surface area contributed by atoms with Crippen LogP contribution in [0.15, 0.2) is 0 Å². The van der Waals surface area contributed by atoms with Gasteiger partial charge in [-0.1, -0.05) is 27.2 Å². The molecule has 1 rings (SSSR count). The van der Waals surface area contributed by atoms with E-state index in [9.17, 15) is 9.90 Å². The van der Waals surface area contributed by atoms with E-state index in [0.29, 0.717) is 24.4 Å². The van der Waals surface area contributed by atoms with E-state index in [4.69, 9.17) is 4.74 Å². The Morgan fingerprint density at radius 3 is 2.60 bits per heavy atom. The number of esters is 1. The number of carbonyl (C=O) groups excluding carboxylic acids is 1. The minimum atomic E-state index is -1.46. The van der Waals surface area contributed by atoms with E-state index in [1.165, 1.54) is 26.9 Å². The van der Waals surface area contributed by atoms with Crippen molar-refractivity contribution in [2.24, 2.45) is 17.8 Å². The molecule has 0 radical (unpaired) electrons. The summed E-state index contributed by atoms with van der Waals surface area (Å²) in [7, 11) is 1.29. The zero-order valence-corrected chi connectivity index (χ0v) is 13.5. The molecule has 1 fully saturated rings. The van der Waals surface area contributed by atoms with Crippen molar-refractivity contribution in [3.05, 3.63) is 0 Å². The third-order valence-electron chi connectivity index (χ3n) is 4.51. The molecule has 4 heteroatoms. The number of methoxy groups -OCH3 is 1. The first kappa shape index (κ1) is 17.4. The lowest BCUT2D eigenvalue weighted by Crippen LogP contribution is -2.39. The van der Waals surface area contributed by atoms with E-state index < -0.39 is 11.6 Å². The second-order valence-electron chi connectivity index (χ2n) is 6.75. The molecule has 0 saturated heterocycles. The fourth-order valence-corrected chi connectivity index (χ4v) is 3.04. The Morgan fingerprint density at radius 1 is 1.40 bits per heavy atom. The molecule has 1 aliphatic rings. The molecule has 1 N–H and O–H groups in total. The minimum Gasteiger partial charge on any atom is -0.467 e. The van der Waals surface area contributed by atoms with Gasteiger partial charge in [-0.15, -0.1) is 0 Å². The van der Waals surface area contributed by atoms with Crippen LogP contribution in [0.2, 0.25) is 0 Å². The quantitative estimate of drug-likeness (QED) is 0.763. The van der Waals surface area contributed by atoms with Crippen LogP contribution >= 0.6 is 0 Å². The van der Waals surface area contributed by atoms with E-state index in [1.807, 2.05) is 0 Å². The molecule has 0 aromatic heterocycles. The highest BCUT2D eigenvalue weighted by atomic mass is 16.5. The summed E-state index contributed by atoms with van der Waals surface area (Å²) in [5.74, 6) is 1.28. The first-order chi connectivity index (χ1) is 9.27. The van der Waals surface area contributed by atoms with Gasteiger partial charge < -0.3 is 14.6 Å². The highest BCUT2D eigenvalue weighted by molar-refractivity contribution is 5.78. The third-order valence-corrected chi connectivity index (χ3v) is 4.51. The van der Waals surface area contributed by atoms with Crippen molar-refractivity contribution < 1.29 is 19.4 Å². The predicted molar refractivity (Wildman–Crippen MR) is 78.3 cm³/mol. The van der Waals surface area contributed by atoms with Gasteiger partial charge in [0.05, 0.1) is 19.8 Å². The maximum atomic E-state index is 11.4. The average molecular weight is 286 g/mol. The SMILES string of the molecule is COC(=O)C(C)(O)CCO[C@H]1C[C@@H](C)CC[C@@H]1C(C)C. The normalized spacial score (nSPS) is 30.1. The van der Waals surface area contributed by atoms with Crippen molar-refractivity contribution in [3.8, 4) is 0 Å². The summed E-state index contributed by atoms with van der Waals surface area (Å²) >= 11 is 0. The Kier molecular flexibility index (Phi) is 6.46. The van der Waals surface area contributed by atoms with Crippen LogP contribution in [0.25, 0.3) is 0 Å². The number of ether oxygens (including phenoxy) is 2. The summed E-state index contributed by atoms with van der Waals surface area (Å²) in [6.07, 6.45) is 4.06. The van der Waals surface area contributed by atoms with E-state index in [2.05, 4.69) is 25.5 Å². The number of hydrogen-bond acceptors (Lipinski definition) is 4. The van der Waals surface area contributed by atoms with Crippen LogP contribution in [0.3, 0.4) is 0 Å². The zero-order chi connectivity index (χ0) is 15.3. The van der Waals surface area contributed by atoms with Crippen molar-refractivity contribution in [3.63, 3.8) is 0 Å². The molecule has 20 heavy (non-hydrogen) atoms. The maximum absolute atomic E-state index is 11.4. The van der Waals surface area contributed by atoms with Crippen LogP contribution in [-0.2, 0) is 14.3 Å². The highest BCUT2D eigenvalue weighted by Gasteiger charge is 2.34. The summed E-state index contributed by atoms with van der Waals surface area (Å²) < 4.78 is 10.6. The Bertz CT molecular complexity index is 312. The fourth-order valence-electron chi connectivity index (χ4n) is 3.04. The summed E-state index contributed by atoms with van der Waals surface area (Å²) in [5, 5.41) is 9.98. The first-order valence-electron chi connectivity index (χ1n) is 7.70. The largest absolute Gasteiger partial charge is 0.467 e. The molecular weight excluding hydrogens is 256 g/mol. The predicted octanol–water partition coefficient (Wildman–Crippen LogP) is 2.78. The van der Waals surface area contributed by atoms with Gasteiger partial charge in [0, 0.05) is 6.42 Å². The van der Waals surface area contributed by atoms with Crippen molar-refractivity contribution in [1.82, 2.24) is 0 Å². The lowest BCUT2D eigenvalue weighted by atomic mass is 9.75. The molecule has 118 valence electrons. The van der Waals surface area contributed by atoms with Gasteiger partial charge in [0.2, 0.25) is 0 Å². The number of hydrogen-bond donors (Lipinski definition) is 1. The van der Waals surface area contributed by atoms with E-state index >= 15 is 0 Å². The van der Waals surface area contributed by atoms with E-state index in [1.54, 1.807) is 0 Å². The molecule has 0 aromatic rings. The monoisotopic (exact) mass is 286 g/mol. The highest BCUT2D eigenvalue weighted by Crippen LogP contribution is 2.35. The maximum Gasteiger partial charge on any atom is 0.337 e. The summed E-state index contributed by atoms with van der Waals surface area (Å²) in [6, 6.07) is 0. The molecule has 4 nitrogen and oxygen atoms in total. The van der Waals surface area contributed by atoms with Crippen LogP contribution in [0.1, 0.15) is 53.4 Å². The first-order valence-corrected chi connectivity index (χ1v) is 7.70. The second-order valence-corrected chi connectivity index (χ2v) is 6.75. The smallest absolute Gasteiger partial charge is 0.337 e. The lowest BCUT2D eigenvalue weighted by Gasteiger charge is -2.37. The molecule has 0 aromatic carbocycles. The topological polar surface area (TPSA) is 55.8 Å². The van der Waals surface area contributed by atoms with Gasteiger partial charge >= 0.3 is 5.97 Å². The molecule has 0 aliphatic heterocycles. The number of aliphatic hydroxyl groups is 1. The van der Waals surface area contributed by atoms with Crippen LogP contribution in [0.5, 0.6) is 0 Å². The van der Waals surface area contributed by atoms with Crippen molar-refractivity contribution in [2.45, 2.75) is 65.1 Å². The molecule has 0 amide bonds. The fraction of sp³-hybridized carbons (Fsp3) is 0.938. The van der Waals surface area contributed by atoms with Crippen LogP contribution < -0.4 is 0 Å². The van der Waals surface area contributed by atoms with Gasteiger partial charge in [-0.25, -0.2) is 4.79 Å². The average Bonchev–Trinajstić information content (AvgIpc) is 2.37. The molecule has 0 spiro atoms. The van der Waals surface area contributed by atoms with Crippen LogP contribution in [0.4, 0.5) is 0 Å². The van der Waals surface area contributed by atoms with Gasteiger partial charge in [0.25, 0.3) is 0 Å². The van der Waals surface area contributed by atoms with Crippen LogP contribution in [-0.4, -0.2) is 36.5 Å². The molecule has 1 saturated carbocycles. The molecule has 1 unspecified atom stereocenters. The molecular formula is C16H30O4. The second kappa shape index (κ2) is 7.41. The van der Waals surface area contributed by atoms with Gasteiger partial charge in [-0.2, -0.15) is 0 Å². The van der Waals surface area contributed by atoms with E-state index in [-0.39, 0.29) is 12.5 Å². The lowest BCUT2D eigenvalue weighted by molar-refractivity contribution is -0.163. The molecule has 4 atom stereocenters. The van der Waals surface area contributed by atoms with Crippen molar-refractivity contribution >= 4 is 5.97 Å². The minimum absolute atomic E-state index is 0.243. The van der Waals surface area contributed by atoms with Crippen molar-refractivity contribution in [1.29, 1.82) is 0 Å². The Hall–Kier alpha value is -0.610. The summed E-state index contributed by atoms with van der Waals surface area (Å²) in [6.45, 7) is 8.61. The van der Waals surface area contributed by atoms with Gasteiger partial charge in [-0.05, 0) is 37.5 Å². The van der Waals surface area contributed by atoms with Gasteiger partial charge in [0.1, 0.15) is 0 Å². The summed E-state index contributed by atoms with van der Waals surface area (Å²) in [4.78, 5) is 11.4. The Labute approximate surface area is 122 Å². The number of rotatable bonds is 6. The molecule has 0 heterocycles. The third kappa shape index (κ3) is 4.74. The zero-order valence-electron chi connectivity index (χ0n) is 13.5. The van der Waals surface area contributed by atoms with Gasteiger partial charge in [0.15, 0.2) is 5.60 Å². The molecule has 0 bridgehead atoms. The summed E-state index contributed by atoms with van der Waals surface area (Å²) in [5.41, 5.74) is -1.46.